The van der Waals surface area contributed by atoms with Crippen LogP contribution in [0.4, 0.5) is 0 Å². The van der Waals surface area contributed by atoms with Crippen molar-refractivity contribution >= 4 is 17.5 Å². The quantitative estimate of drug-likeness (QED) is 0.603. The Morgan fingerprint density at radius 2 is 1.90 bits per heavy atom. The molecule has 1 aromatic rings. The van der Waals surface area contributed by atoms with Crippen molar-refractivity contribution in [2.24, 2.45) is 5.92 Å². The Hall–Kier alpha value is -1.02. The fourth-order valence-electron chi connectivity index (χ4n) is 2.85. The first-order chi connectivity index (χ1) is 9.81. The number of rotatable bonds is 7. The van der Waals surface area contributed by atoms with Crippen molar-refractivity contribution in [3.05, 3.63) is 35.4 Å². The lowest BCUT2D eigenvalue weighted by molar-refractivity contribution is -0.125. The van der Waals surface area contributed by atoms with Crippen molar-refractivity contribution in [2.45, 2.75) is 44.9 Å². The van der Waals surface area contributed by atoms with Gasteiger partial charge in [0.1, 0.15) is 0 Å². The number of hydrogen-bond donors (Lipinski definition) is 1. The SMILES string of the molecule is O=C(NCCCCCCCl)C1CCc2ccccc2C1. The Kier molecular flexibility index (Phi) is 6.38. The highest BCUT2D eigenvalue weighted by Gasteiger charge is 2.23. The Morgan fingerprint density at radius 1 is 1.15 bits per heavy atom. The van der Waals surface area contributed by atoms with Crippen LogP contribution in [-0.4, -0.2) is 18.3 Å². The van der Waals surface area contributed by atoms with Gasteiger partial charge in [-0.3, -0.25) is 4.79 Å². The molecular formula is C17H24ClNO. The van der Waals surface area contributed by atoms with Crippen LogP contribution in [0.1, 0.15) is 43.2 Å². The largest absolute Gasteiger partial charge is 0.356 e. The summed E-state index contributed by atoms with van der Waals surface area (Å²) in [5, 5.41) is 3.09. The zero-order valence-electron chi connectivity index (χ0n) is 12.0. The van der Waals surface area contributed by atoms with E-state index in [9.17, 15) is 4.79 Å². The standard InChI is InChI=1S/C17H24ClNO/c18-11-5-1-2-6-12-19-17(20)16-10-9-14-7-3-4-8-15(14)13-16/h3-4,7-8,16H,1-2,5-6,9-13H2,(H,19,20). The minimum Gasteiger partial charge on any atom is -0.356 e. The van der Waals surface area contributed by atoms with Gasteiger partial charge in [-0.15, -0.1) is 11.6 Å². The highest BCUT2D eigenvalue weighted by Crippen LogP contribution is 2.25. The lowest BCUT2D eigenvalue weighted by Crippen LogP contribution is -2.34. The smallest absolute Gasteiger partial charge is 0.223 e. The van der Waals surface area contributed by atoms with Gasteiger partial charge in [0.15, 0.2) is 0 Å². The van der Waals surface area contributed by atoms with Gasteiger partial charge in [0.2, 0.25) is 5.91 Å². The van der Waals surface area contributed by atoms with E-state index in [-0.39, 0.29) is 11.8 Å². The van der Waals surface area contributed by atoms with Crippen LogP contribution in [0.15, 0.2) is 24.3 Å². The molecule has 0 fully saturated rings. The molecule has 0 bridgehead atoms. The molecule has 1 aromatic carbocycles. The number of amides is 1. The van der Waals surface area contributed by atoms with E-state index < -0.39 is 0 Å². The number of nitrogens with one attached hydrogen (secondary N) is 1. The molecule has 0 radical (unpaired) electrons. The maximum atomic E-state index is 12.2. The maximum Gasteiger partial charge on any atom is 0.223 e. The number of hydrogen-bond acceptors (Lipinski definition) is 1. The summed E-state index contributed by atoms with van der Waals surface area (Å²) in [6.07, 6.45) is 7.37. The zero-order valence-corrected chi connectivity index (χ0v) is 12.8. The Bertz CT molecular complexity index is 433. The number of unbranched alkanes of at least 4 members (excludes halogenated alkanes) is 3. The van der Waals surface area contributed by atoms with Crippen molar-refractivity contribution in [1.29, 1.82) is 0 Å². The average molecular weight is 294 g/mol. The molecule has 1 aliphatic carbocycles. The molecule has 1 atom stereocenters. The van der Waals surface area contributed by atoms with Gasteiger partial charge in [-0.2, -0.15) is 0 Å². The summed E-state index contributed by atoms with van der Waals surface area (Å²) in [6, 6.07) is 8.48. The molecule has 0 spiro atoms. The first kappa shape index (κ1) is 15.4. The lowest BCUT2D eigenvalue weighted by atomic mass is 9.83. The van der Waals surface area contributed by atoms with Crippen LogP contribution in [0.5, 0.6) is 0 Å². The summed E-state index contributed by atoms with van der Waals surface area (Å²) in [5.41, 5.74) is 2.76. The van der Waals surface area contributed by atoms with Crippen molar-refractivity contribution < 1.29 is 4.79 Å². The second kappa shape index (κ2) is 8.31. The molecule has 0 saturated heterocycles. The molecule has 1 amide bonds. The predicted octanol–water partition coefficient (Wildman–Crippen LogP) is 3.71. The number of aryl methyl sites for hydroxylation is 1. The van der Waals surface area contributed by atoms with E-state index in [1.165, 1.54) is 11.1 Å². The van der Waals surface area contributed by atoms with Crippen LogP contribution in [0.3, 0.4) is 0 Å². The van der Waals surface area contributed by atoms with Gasteiger partial charge in [0, 0.05) is 18.3 Å². The molecule has 1 N–H and O–H groups in total. The second-order valence-corrected chi connectivity index (χ2v) is 5.98. The number of benzene rings is 1. The summed E-state index contributed by atoms with van der Waals surface area (Å²) in [7, 11) is 0. The fraction of sp³-hybridized carbons (Fsp3) is 0.588. The van der Waals surface area contributed by atoms with E-state index in [1.807, 2.05) is 0 Å². The third-order valence-electron chi connectivity index (χ3n) is 4.08. The fourth-order valence-corrected chi connectivity index (χ4v) is 3.04. The van der Waals surface area contributed by atoms with Crippen LogP contribution in [0, 0.1) is 5.92 Å². The van der Waals surface area contributed by atoms with Crippen molar-refractivity contribution in [1.82, 2.24) is 5.32 Å². The first-order valence-corrected chi connectivity index (χ1v) is 8.25. The molecule has 0 heterocycles. The molecule has 0 aliphatic heterocycles. The van der Waals surface area contributed by atoms with E-state index in [1.54, 1.807) is 0 Å². The van der Waals surface area contributed by atoms with Crippen LogP contribution in [0.25, 0.3) is 0 Å². The first-order valence-electron chi connectivity index (χ1n) is 7.71. The van der Waals surface area contributed by atoms with E-state index >= 15 is 0 Å². The second-order valence-electron chi connectivity index (χ2n) is 5.60. The maximum absolute atomic E-state index is 12.2. The van der Waals surface area contributed by atoms with Crippen molar-refractivity contribution in [3.8, 4) is 0 Å². The van der Waals surface area contributed by atoms with Crippen molar-refractivity contribution in [3.63, 3.8) is 0 Å². The molecule has 2 rings (SSSR count). The highest BCUT2D eigenvalue weighted by atomic mass is 35.5. The van der Waals surface area contributed by atoms with Crippen LogP contribution >= 0.6 is 11.6 Å². The van der Waals surface area contributed by atoms with E-state index in [4.69, 9.17) is 11.6 Å². The summed E-state index contributed by atoms with van der Waals surface area (Å²) >= 11 is 5.64. The van der Waals surface area contributed by atoms with Gasteiger partial charge in [0.25, 0.3) is 0 Å². The normalized spacial score (nSPS) is 17.6. The number of halogens is 1. The molecular weight excluding hydrogens is 270 g/mol. The molecule has 110 valence electrons. The molecule has 3 heteroatoms. The lowest BCUT2D eigenvalue weighted by Gasteiger charge is -2.23. The van der Waals surface area contributed by atoms with Gasteiger partial charge in [0.05, 0.1) is 0 Å². The summed E-state index contributed by atoms with van der Waals surface area (Å²) in [6.45, 7) is 0.805. The number of carbonyl (C=O) groups is 1. The van der Waals surface area contributed by atoms with Gasteiger partial charge in [-0.05, 0) is 43.2 Å². The highest BCUT2D eigenvalue weighted by molar-refractivity contribution is 6.17. The van der Waals surface area contributed by atoms with Gasteiger partial charge in [-0.1, -0.05) is 37.1 Å². The topological polar surface area (TPSA) is 29.1 Å². The van der Waals surface area contributed by atoms with Crippen LogP contribution < -0.4 is 5.32 Å². The average Bonchev–Trinajstić information content (AvgIpc) is 2.50. The summed E-state index contributed by atoms with van der Waals surface area (Å²) in [4.78, 5) is 12.2. The number of alkyl halides is 1. The zero-order chi connectivity index (χ0) is 14.2. The molecule has 0 aromatic heterocycles. The minimum absolute atomic E-state index is 0.160. The minimum atomic E-state index is 0.160. The number of fused-ring (bicyclic) bond motifs is 1. The van der Waals surface area contributed by atoms with Crippen LogP contribution in [-0.2, 0) is 17.6 Å². The Labute approximate surface area is 126 Å². The van der Waals surface area contributed by atoms with E-state index in [0.717, 1.165) is 57.4 Å². The van der Waals surface area contributed by atoms with Crippen LogP contribution in [0.2, 0.25) is 0 Å². The van der Waals surface area contributed by atoms with E-state index in [2.05, 4.69) is 29.6 Å². The predicted molar refractivity (Wildman–Crippen MR) is 84.2 cm³/mol. The van der Waals surface area contributed by atoms with Gasteiger partial charge in [-0.25, -0.2) is 0 Å². The van der Waals surface area contributed by atoms with Gasteiger partial charge < -0.3 is 5.32 Å². The molecule has 20 heavy (non-hydrogen) atoms. The summed E-state index contributed by atoms with van der Waals surface area (Å²) in [5.74, 6) is 1.14. The van der Waals surface area contributed by atoms with Gasteiger partial charge >= 0.3 is 0 Å². The molecule has 2 nitrogen and oxygen atoms in total. The third kappa shape index (κ3) is 4.52. The van der Waals surface area contributed by atoms with E-state index in [0.29, 0.717) is 0 Å². The molecule has 1 aliphatic rings. The monoisotopic (exact) mass is 293 g/mol. The summed E-state index contributed by atoms with van der Waals surface area (Å²) < 4.78 is 0. The Balaban J connectivity index is 1.69. The molecule has 1 unspecified atom stereocenters. The molecule has 0 saturated carbocycles. The number of carbonyl (C=O) groups excluding carboxylic acids is 1. The third-order valence-corrected chi connectivity index (χ3v) is 4.34. The van der Waals surface area contributed by atoms with Crippen molar-refractivity contribution in [2.75, 3.05) is 12.4 Å². The Morgan fingerprint density at radius 3 is 2.70 bits per heavy atom.